The summed E-state index contributed by atoms with van der Waals surface area (Å²) in [4.78, 5) is 0. The largest absolute Gasteiger partial charge is 0.330 e. The molecule has 15 heavy (non-hydrogen) atoms. The van der Waals surface area contributed by atoms with Crippen molar-refractivity contribution in [3.63, 3.8) is 0 Å². The van der Waals surface area contributed by atoms with Crippen LogP contribution in [-0.2, 0) is 0 Å². The van der Waals surface area contributed by atoms with Crippen LogP contribution < -0.4 is 11.5 Å². The Kier molecular flexibility index (Phi) is 3.83. The van der Waals surface area contributed by atoms with Crippen molar-refractivity contribution in [2.24, 2.45) is 16.9 Å². The molecule has 2 nitrogen and oxygen atoms in total. The predicted octanol–water partition coefficient (Wildman–Crippen LogP) is 2.20. The average Bonchev–Trinajstić information content (AvgIpc) is 2.18. The van der Waals surface area contributed by atoms with Gasteiger partial charge in [-0.1, -0.05) is 26.0 Å². The summed E-state index contributed by atoms with van der Waals surface area (Å²) in [6, 6.07) is 6.25. The zero-order valence-electron chi connectivity index (χ0n) is 9.33. The molecule has 0 aliphatic heterocycles. The fourth-order valence-corrected chi connectivity index (χ4v) is 1.51. The van der Waals surface area contributed by atoms with Crippen LogP contribution in [0.3, 0.4) is 0 Å². The molecule has 0 aliphatic carbocycles. The highest BCUT2D eigenvalue weighted by molar-refractivity contribution is 5.19. The van der Waals surface area contributed by atoms with Crippen molar-refractivity contribution >= 4 is 0 Å². The molecule has 84 valence electrons. The minimum atomic E-state index is -0.232. The van der Waals surface area contributed by atoms with Crippen LogP contribution in [0.25, 0.3) is 0 Å². The van der Waals surface area contributed by atoms with E-state index >= 15 is 0 Å². The lowest BCUT2D eigenvalue weighted by molar-refractivity contribution is 0.317. The van der Waals surface area contributed by atoms with E-state index in [0.717, 1.165) is 12.0 Å². The lowest BCUT2D eigenvalue weighted by Crippen LogP contribution is -2.28. The molecule has 0 bridgehead atoms. The first-order chi connectivity index (χ1) is 6.94. The van der Waals surface area contributed by atoms with E-state index in [1.54, 1.807) is 12.1 Å². The Labute approximate surface area is 90.5 Å². The van der Waals surface area contributed by atoms with Crippen molar-refractivity contribution in [1.29, 1.82) is 0 Å². The van der Waals surface area contributed by atoms with Crippen LogP contribution in [0.2, 0.25) is 0 Å². The first-order valence-corrected chi connectivity index (χ1v) is 5.16. The maximum atomic E-state index is 12.7. The van der Waals surface area contributed by atoms with Crippen LogP contribution in [0, 0.1) is 11.2 Å². The maximum absolute atomic E-state index is 12.7. The van der Waals surface area contributed by atoms with Crippen LogP contribution in [-0.4, -0.2) is 6.54 Å². The number of rotatable bonds is 4. The van der Waals surface area contributed by atoms with Gasteiger partial charge in [0.25, 0.3) is 0 Å². The van der Waals surface area contributed by atoms with E-state index in [1.165, 1.54) is 12.1 Å². The Morgan fingerprint density at radius 3 is 2.27 bits per heavy atom. The van der Waals surface area contributed by atoms with E-state index in [4.69, 9.17) is 11.5 Å². The molecular formula is C12H19FN2. The van der Waals surface area contributed by atoms with Crippen LogP contribution in [0.5, 0.6) is 0 Å². The van der Waals surface area contributed by atoms with E-state index in [2.05, 4.69) is 13.8 Å². The van der Waals surface area contributed by atoms with Gasteiger partial charge in [-0.15, -0.1) is 0 Å². The van der Waals surface area contributed by atoms with Crippen LogP contribution >= 0.6 is 0 Å². The van der Waals surface area contributed by atoms with Crippen LogP contribution in [0.15, 0.2) is 24.3 Å². The monoisotopic (exact) mass is 210 g/mol. The van der Waals surface area contributed by atoms with Gasteiger partial charge in [-0.05, 0) is 36.1 Å². The smallest absolute Gasteiger partial charge is 0.123 e. The maximum Gasteiger partial charge on any atom is 0.123 e. The van der Waals surface area contributed by atoms with Crippen molar-refractivity contribution in [3.8, 4) is 0 Å². The summed E-state index contributed by atoms with van der Waals surface area (Å²) < 4.78 is 12.7. The van der Waals surface area contributed by atoms with Crippen LogP contribution in [0.1, 0.15) is 31.9 Å². The molecule has 1 aromatic rings. The summed E-state index contributed by atoms with van der Waals surface area (Å²) in [5, 5.41) is 0. The highest BCUT2D eigenvalue weighted by Crippen LogP contribution is 2.27. The minimum Gasteiger partial charge on any atom is -0.330 e. The molecule has 0 amide bonds. The minimum absolute atomic E-state index is 0.0216. The summed E-state index contributed by atoms with van der Waals surface area (Å²) in [6.07, 6.45) is 0.801. The highest BCUT2D eigenvalue weighted by atomic mass is 19.1. The molecule has 3 heteroatoms. The normalized spacial score (nSPS) is 13.9. The van der Waals surface area contributed by atoms with E-state index < -0.39 is 0 Å². The fourth-order valence-electron chi connectivity index (χ4n) is 1.51. The molecular weight excluding hydrogens is 191 g/mol. The molecule has 0 saturated carbocycles. The number of nitrogens with two attached hydrogens (primary N) is 2. The van der Waals surface area contributed by atoms with Gasteiger partial charge in [-0.3, -0.25) is 0 Å². The van der Waals surface area contributed by atoms with E-state index in [9.17, 15) is 4.39 Å². The second-order valence-electron chi connectivity index (χ2n) is 4.73. The zero-order valence-corrected chi connectivity index (χ0v) is 9.33. The van der Waals surface area contributed by atoms with Crippen molar-refractivity contribution < 1.29 is 4.39 Å². The molecule has 0 saturated heterocycles. The Bertz CT molecular complexity index is 306. The lowest BCUT2D eigenvalue weighted by Gasteiger charge is -2.26. The molecule has 4 N–H and O–H groups in total. The van der Waals surface area contributed by atoms with Gasteiger partial charge >= 0.3 is 0 Å². The molecule has 0 radical (unpaired) electrons. The highest BCUT2D eigenvalue weighted by Gasteiger charge is 2.20. The third kappa shape index (κ3) is 3.61. The van der Waals surface area contributed by atoms with Gasteiger partial charge in [0.2, 0.25) is 0 Å². The first kappa shape index (κ1) is 12.1. The average molecular weight is 210 g/mol. The summed E-state index contributed by atoms with van der Waals surface area (Å²) in [6.45, 7) is 4.76. The Morgan fingerprint density at radius 2 is 1.80 bits per heavy atom. The summed E-state index contributed by atoms with van der Waals surface area (Å²) in [7, 11) is 0. The van der Waals surface area contributed by atoms with Crippen LogP contribution in [0.4, 0.5) is 4.39 Å². The SMILES string of the molecule is CC(C)(CN)CC(N)c1ccc(F)cc1. The topological polar surface area (TPSA) is 52.0 Å². The summed E-state index contributed by atoms with van der Waals surface area (Å²) in [5.74, 6) is -0.232. The molecule has 1 aromatic carbocycles. The van der Waals surface area contributed by atoms with Gasteiger partial charge in [0.15, 0.2) is 0 Å². The van der Waals surface area contributed by atoms with Gasteiger partial charge in [0.05, 0.1) is 0 Å². The van der Waals surface area contributed by atoms with Gasteiger partial charge < -0.3 is 11.5 Å². The Hall–Kier alpha value is -0.930. The molecule has 1 rings (SSSR count). The number of hydrogen-bond acceptors (Lipinski definition) is 2. The summed E-state index contributed by atoms with van der Waals surface area (Å²) >= 11 is 0. The molecule has 0 heterocycles. The first-order valence-electron chi connectivity index (χ1n) is 5.16. The second kappa shape index (κ2) is 4.73. The van der Waals surface area contributed by atoms with E-state index in [0.29, 0.717) is 6.54 Å². The third-order valence-corrected chi connectivity index (χ3v) is 2.62. The van der Waals surface area contributed by atoms with E-state index in [-0.39, 0.29) is 17.3 Å². The number of benzene rings is 1. The Balaban J connectivity index is 2.69. The zero-order chi connectivity index (χ0) is 11.5. The molecule has 1 atom stereocenters. The Morgan fingerprint density at radius 1 is 1.27 bits per heavy atom. The molecule has 0 spiro atoms. The van der Waals surface area contributed by atoms with Crippen molar-refractivity contribution in [3.05, 3.63) is 35.6 Å². The van der Waals surface area contributed by atoms with Gasteiger partial charge in [-0.2, -0.15) is 0 Å². The third-order valence-electron chi connectivity index (χ3n) is 2.62. The lowest BCUT2D eigenvalue weighted by atomic mass is 9.84. The summed E-state index contributed by atoms with van der Waals surface area (Å²) in [5.41, 5.74) is 12.6. The molecule has 0 fully saturated rings. The van der Waals surface area contributed by atoms with E-state index in [1.807, 2.05) is 0 Å². The van der Waals surface area contributed by atoms with Gasteiger partial charge in [-0.25, -0.2) is 4.39 Å². The molecule has 0 aliphatic rings. The fraction of sp³-hybridized carbons (Fsp3) is 0.500. The predicted molar refractivity (Wildman–Crippen MR) is 60.8 cm³/mol. The van der Waals surface area contributed by atoms with Gasteiger partial charge in [0.1, 0.15) is 5.82 Å². The van der Waals surface area contributed by atoms with Crippen molar-refractivity contribution in [2.75, 3.05) is 6.54 Å². The standard InChI is InChI=1S/C12H19FN2/c1-12(2,8-14)7-11(15)9-3-5-10(13)6-4-9/h3-6,11H,7-8,14-15H2,1-2H3. The quantitative estimate of drug-likeness (QED) is 0.800. The number of hydrogen-bond donors (Lipinski definition) is 2. The number of halogens is 1. The van der Waals surface area contributed by atoms with Crippen molar-refractivity contribution in [2.45, 2.75) is 26.3 Å². The molecule has 1 unspecified atom stereocenters. The van der Waals surface area contributed by atoms with Crippen molar-refractivity contribution in [1.82, 2.24) is 0 Å². The van der Waals surface area contributed by atoms with Gasteiger partial charge in [0, 0.05) is 6.04 Å². The second-order valence-corrected chi connectivity index (χ2v) is 4.73. The molecule has 0 aromatic heterocycles.